The Labute approximate surface area is 219 Å². The Bertz CT molecular complexity index is 1120. The van der Waals surface area contributed by atoms with Crippen molar-refractivity contribution >= 4 is 52.4 Å². The summed E-state index contributed by atoms with van der Waals surface area (Å²) in [4.78, 5) is 13.4. The van der Waals surface area contributed by atoms with Crippen LogP contribution in [0, 0.1) is 17.3 Å². The van der Waals surface area contributed by atoms with Gasteiger partial charge in [-0.25, -0.2) is 0 Å². The van der Waals surface area contributed by atoms with Crippen LogP contribution in [-0.4, -0.2) is 11.3 Å². The van der Waals surface area contributed by atoms with E-state index in [0.29, 0.717) is 16.3 Å². The number of halogens is 4. The maximum atomic E-state index is 13.4. The third kappa shape index (κ3) is 5.18. The first-order valence-electron chi connectivity index (χ1n) is 10.9. The fourth-order valence-corrected chi connectivity index (χ4v) is 5.55. The van der Waals surface area contributed by atoms with Gasteiger partial charge in [-0.15, -0.1) is 11.6 Å². The monoisotopic (exact) mass is 536 g/mol. The van der Waals surface area contributed by atoms with Crippen molar-refractivity contribution in [3.8, 4) is 5.75 Å². The zero-order valence-electron chi connectivity index (χ0n) is 18.6. The molecule has 7 heteroatoms. The van der Waals surface area contributed by atoms with Crippen LogP contribution < -0.4 is 4.74 Å². The summed E-state index contributed by atoms with van der Waals surface area (Å²) in [6, 6.07) is 25.4. The number of alkyl halides is 3. The van der Waals surface area contributed by atoms with Gasteiger partial charge in [0.25, 0.3) is 6.29 Å². The zero-order chi connectivity index (χ0) is 24.5. The van der Waals surface area contributed by atoms with E-state index < -0.39 is 33.3 Å². The molecule has 1 saturated carbocycles. The van der Waals surface area contributed by atoms with E-state index in [2.05, 4.69) is 0 Å². The van der Waals surface area contributed by atoms with Crippen molar-refractivity contribution in [2.75, 3.05) is 0 Å². The number of esters is 1. The maximum Gasteiger partial charge on any atom is 0.313 e. The first-order chi connectivity index (χ1) is 16.1. The Morgan fingerprint density at radius 2 is 1.47 bits per heavy atom. The van der Waals surface area contributed by atoms with Crippen LogP contribution in [0.4, 0.5) is 0 Å². The predicted molar refractivity (Wildman–Crippen MR) is 138 cm³/mol. The van der Waals surface area contributed by atoms with Crippen LogP contribution in [0.3, 0.4) is 0 Å². The topological polar surface area (TPSA) is 35.5 Å². The van der Waals surface area contributed by atoms with Gasteiger partial charge in [-0.2, -0.15) is 0 Å². The molecule has 2 unspecified atom stereocenters. The first-order valence-corrected chi connectivity index (χ1v) is 12.4. The molecule has 1 fully saturated rings. The average Bonchev–Trinajstić information content (AvgIpc) is 3.41. The molecule has 0 aliphatic heterocycles. The highest BCUT2D eigenvalue weighted by Gasteiger charge is 2.68. The highest BCUT2D eigenvalue weighted by Crippen LogP contribution is 2.65. The molecule has 0 spiro atoms. The van der Waals surface area contributed by atoms with Gasteiger partial charge in [-0.1, -0.05) is 109 Å². The molecule has 0 radical (unpaired) electrons. The summed E-state index contributed by atoms with van der Waals surface area (Å²) in [5, 5.41) is -0.174. The molecule has 0 heterocycles. The molecule has 0 aromatic heterocycles. The quantitative estimate of drug-likeness (QED) is 0.165. The minimum absolute atomic E-state index is 0.305. The van der Waals surface area contributed by atoms with Crippen LogP contribution in [0.5, 0.6) is 5.75 Å². The van der Waals surface area contributed by atoms with Crippen molar-refractivity contribution in [3.05, 3.63) is 101 Å². The van der Waals surface area contributed by atoms with E-state index in [0.717, 1.165) is 5.56 Å². The molecule has 0 saturated heterocycles. The minimum atomic E-state index is -1.41. The molecule has 3 aromatic carbocycles. The Morgan fingerprint density at radius 1 is 0.912 bits per heavy atom. The van der Waals surface area contributed by atoms with Gasteiger partial charge >= 0.3 is 5.97 Å². The number of carbonyl (C=O) groups excluding carboxylic acids is 1. The van der Waals surface area contributed by atoms with Crippen molar-refractivity contribution in [2.45, 2.75) is 29.8 Å². The number of ether oxygens (including phenoxy) is 2. The molecule has 1 aliphatic rings. The van der Waals surface area contributed by atoms with E-state index in [1.54, 1.807) is 24.3 Å². The van der Waals surface area contributed by atoms with Crippen LogP contribution in [0.15, 0.2) is 84.9 Å². The molecule has 1 aliphatic carbocycles. The normalized spacial score (nSPS) is 20.8. The standard InChI is InChI=1S/C27H24Cl4O3/c1-26(2)21(23(29)27(30,31)18-13-15-19(28)16-14-18)22(26)24(32)34-25(17-9-5-3-6-10-17)33-20-11-7-4-8-12-20/h3-16,21-23,25H,1-2H3/t21-,22-,23?,25?/m1/s1. The zero-order valence-corrected chi connectivity index (χ0v) is 21.7. The van der Waals surface area contributed by atoms with Crippen LogP contribution >= 0.6 is 46.4 Å². The van der Waals surface area contributed by atoms with Gasteiger partial charge in [0.2, 0.25) is 0 Å². The second kappa shape index (κ2) is 9.99. The van der Waals surface area contributed by atoms with Crippen LogP contribution in [0.2, 0.25) is 5.02 Å². The van der Waals surface area contributed by atoms with Crippen LogP contribution in [-0.2, 0) is 13.9 Å². The molecule has 34 heavy (non-hydrogen) atoms. The molecule has 4 rings (SSSR count). The van der Waals surface area contributed by atoms with Gasteiger partial charge in [-0.05, 0) is 41.2 Å². The largest absolute Gasteiger partial charge is 0.450 e. The molecular formula is C27H24Cl4O3. The third-order valence-electron chi connectivity index (χ3n) is 6.34. The van der Waals surface area contributed by atoms with Gasteiger partial charge in [-0.3, -0.25) is 4.79 Å². The van der Waals surface area contributed by atoms with Crippen molar-refractivity contribution < 1.29 is 14.3 Å². The van der Waals surface area contributed by atoms with Crippen LogP contribution in [0.1, 0.15) is 31.3 Å². The predicted octanol–water partition coefficient (Wildman–Crippen LogP) is 8.17. The van der Waals surface area contributed by atoms with Gasteiger partial charge in [0.15, 0.2) is 4.33 Å². The second-order valence-electron chi connectivity index (χ2n) is 8.97. The fraction of sp³-hybridized carbons (Fsp3) is 0.296. The highest BCUT2D eigenvalue weighted by molar-refractivity contribution is 6.52. The Morgan fingerprint density at radius 3 is 2.06 bits per heavy atom. The van der Waals surface area contributed by atoms with Crippen molar-refractivity contribution in [2.24, 2.45) is 17.3 Å². The number of benzene rings is 3. The molecule has 0 N–H and O–H groups in total. The number of para-hydroxylation sites is 1. The van der Waals surface area contributed by atoms with Gasteiger partial charge < -0.3 is 9.47 Å². The SMILES string of the molecule is CC1(C)[C@@H](C(=O)OC(Oc2ccccc2)c2ccccc2)[C@@H]1C(Cl)C(Cl)(Cl)c1ccc(Cl)cc1. The van der Waals surface area contributed by atoms with Crippen molar-refractivity contribution in [3.63, 3.8) is 0 Å². The second-order valence-corrected chi connectivity index (χ2v) is 11.3. The lowest BCUT2D eigenvalue weighted by molar-refractivity contribution is -0.167. The average molecular weight is 538 g/mol. The van der Waals surface area contributed by atoms with E-state index in [9.17, 15) is 4.79 Å². The molecule has 0 bridgehead atoms. The van der Waals surface area contributed by atoms with E-state index in [1.807, 2.05) is 74.5 Å². The van der Waals surface area contributed by atoms with E-state index >= 15 is 0 Å². The lowest BCUT2D eigenvalue weighted by atomic mass is 10.0. The number of carbonyl (C=O) groups is 1. The fourth-order valence-electron chi connectivity index (χ4n) is 4.30. The van der Waals surface area contributed by atoms with Gasteiger partial charge in [0, 0.05) is 10.6 Å². The smallest absolute Gasteiger partial charge is 0.313 e. The number of rotatable bonds is 8. The Kier molecular flexibility index (Phi) is 7.40. The molecular weight excluding hydrogens is 514 g/mol. The molecule has 0 amide bonds. The number of hydrogen-bond donors (Lipinski definition) is 0. The highest BCUT2D eigenvalue weighted by atomic mass is 35.5. The van der Waals surface area contributed by atoms with E-state index in [1.165, 1.54) is 0 Å². The number of hydrogen-bond acceptors (Lipinski definition) is 3. The van der Waals surface area contributed by atoms with Crippen LogP contribution in [0.25, 0.3) is 0 Å². The maximum absolute atomic E-state index is 13.4. The summed E-state index contributed by atoms with van der Waals surface area (Å²) in [6.07, 6.45) is -0.907. The minimum Gasteiger partial charge on any atom is -0.450 e. The molecule has 3 nitrogen and oxygen atoms in total. The molecule has 4 atom stereocenters. The summed E-state index contributed by atoms with van der Waals surface area (Å²) in [5.74, 6) is -0.620. The van der Waals surface area contributed by atoms with Gasteiger partial charge in [0.1, 0.15) is 5.75 Å². The van der Waals surface area contributed by atoms with Crippen molar-refractivity contribution in [1.82, 2.24) is 0 Å². The molecule has 3 aromatic rings. The van der Waals surface area contributed by atoms with Gasteiger partial charge in [0.05, 0.1) is 11.3 Å². The Balaban J connectivity index is 1.53. The first kappa shape index (κ1) is 25.2. The lowest BCUT2D eigenvalue weighted by Gasteiger charge is -2.27. The lowest BCUT2D eigenvalue weighted by Crippen LogP contribution is -2.28. The summed E-state index contributed by atoms with van der Waals surface area (Å²) >= 11 is 26.2. The van der Waals surface area contributed by atoms with E-state index in [-0.39, 0.29) is 5.92 Å². The summed E-state index contributed by atoms with van der Waals surface area (Å²) < 4.78 is 10.5. The summed E-state index contributed by atoms with van der Waals surface area (Å²) in [6.45, 7) is 3.92. The van der Waals surface area contributed by atoms with Crippen molar-refractivity contribution in [1.29, 1.82) is 0 Å². The summed E-state index contributed by atoms with van der Waals surface area (Å²) in [5.41, 5.74) is 0.880. The molecule has 178 valence electrons. The van der Waals surface area contributed by atoms with E-state index in [4.69, 9.17) is 55.9 Å². The summed E-state index contributed by atoms with van der Waals surface area (Å²) in [7, 11) is 0. The Hall–Kier alpha value is -1.91. The third-order valence-corrected chi connectivity index (χ3v) is 8.32.